The van der Waals surface area contributed by atoms with Crippen molar-refractivity contribution in [3.63, 3.8) is 0 Å². The lowest BCUT2D eigenvalue weighted by atomic mass is 10.3. The van der Waals surface area contributed by atoms with E-state index in [1.165, 1.54) is 18.3 Å². The highest BCUT2D eigenvalue weighted by molar-refractivity contribution is 7.89. The largest absolute Gasteiger partial charge is 0.399 e. The second kappa shape index (κ2) is 4.67. The van der Waals surface area contributed by atoms with E-state index >= 15 is 0 Å². The molecular weight excluding hydrogens is 256 g/mol. The van der Waals surface area contributed by atoms with Gasteiger partial charge in [-0.2, -0.15) is 0 Å². The molecule has 0 fully saturated rings. The average molecular weight is 268 g/mol. The van der Waals surface area contributed by atoms with E-state index < -0.39 is 10.0 Å². The number of sulfonamides is 1. The fourth-order valence-electron chi connectivity index (χ4n) is 1.41. The van der Waals surface area contributed by atoms with Crippen molar-refractivity contribution < 1.29 is 12.9 Å². The molecule has 1 aromatic carbocycles. The number of rotatable bonds is 4. The van der Waals surface area contributed by atoms with Gasteiger partial charge in [0.15, 0.2) is 5.76 Å². The molecule has 0 atom stereocenters. The van der Waals surface area contributed by atoms with Crippen molar-refractivity contribution in [2.75, 3.05) is 11.1 Å². The van der Waals surface area contributed by atoms with Gasteiger partial charge in [-0.05, 0) is 18.2 Å². The Labute approximate surface area is 104 Å². The number of benzene rings is 1. The van der Waals surface area contributed by atoms with Crippen molar-refractivity contribution >= 4 is 21.4 Å². The highest BCUT2D eigenvalue weighted by Gasteiger charge is 2.10. The fraction of sp³-hybridized carbons (Fsp3) is 0.100. The van der Waals surface area contributed by atoms with Crippen molar-refractivity contribution in [1.82, 2.24) is 5.16 Å². The van der Waals surface area contributed by atoms with Crippen LogP contribution in [0.5, 0.6) is 0 Å². The second-order valence-electron chi connectivity index (χ2n) is 3.67. The maximum atomic E-state index is 11.2. The van der Waals surface area contributed by atoms with E-state index in [1.807, 2.05) is 0 Å². The van der Waals surface area contributed by atoms with Crippen molar-refractivity contribution in [1.29, 1.82) is 0 Å². The minimum atomic E-state index is -3.78. The molecule has 0 amide bonds. The lowest BCUT2D eigenvalue weighted by Gasteiger charge is -2.07. The molecule has 2 aromatic rings. The summed E-state index contributed by atoms with van der Waals surface area (Å²) in [4.78, 5) is -0.0393. The van der Waals surface area contributed by atoms with Gasteiger partial charge in [0, 0.05) is 17.4 Å². The van der Waals surface area contributed by atoms with Gasteiger partial charge in [-0.25, -0.2) is 13.6 Å². The van der Waals surface area contributed by atoms with Gasteiger partial charge in [-0.3, -0.25) is 0 Å². The van der Waals surface area contributed by atoms with E-state index in [4.69, 9.17) is 15.4 Å². The van der Waals surface area contributed by atoms with Gasteiger partial charge >= 0.3 is 0 Å². The Kier molecular flexibility index (Phi) is 3.21. The van der Waals surface area contributed by atoms with Crippen LogP contribution >= 0.6 is 0 Å². The van der Waals surface area contributed by atoms with Gasteiger partial charge in [0.25, 0.3) is 0 Å². The first-order valence-electron chi connectivity index (χ1n) is 5.02. The lowest BCUT2D eigenvalue weighted by molar-refractivity contribution is 0.388. The van der Waals surface area contributed by atoms with E-state index in [0.717, 1.165) is 0 Å². The van der Waals surface area contributed by atoms with Gasteiger partial charge in [0.2, 0.25) is 10.0 Å². The van der Waals surface area contributed by atoms with Crippen molar-refractivity contribution in [2.45, 2.75) is 11.4 Å². The number of nitrogen functional groups attached to an aromatic ring is 1. The first kappa shape index (κ1) is 12.4. The maximum Gasteiger partial charge on any atom is 0.238 e. The molecule has 96 valence electrons. The zero-order valence-corrected chi connectivity index (χ0v) is 10.1. The Morgan fingerprint density at radius 1 is 1.33 bits per heavy atom. The Morgan fingerprint density at radius 2 is 2.11 bits per heavy atom. The fourth-order valence-corrected chi connectivity index (χ4v) is 2.00. The zero-order valence-electron chi connectivity index (χ0n) is 9.33. The maximum absolute atomic E-state index is 11.2. The number of hydrogen-bond donors (Lipinski definition) is 3. The SMILES string of the molecule is Nc1cc(NCc2ccno2)cc(S(N)(=O)=O)c1. The van der Waals surface area contributed by atoms with Crippen LogP contribution < -0.4 is 16.2 Å². The number of aromatic nitrogens is 1. The smallest absolute Gasteiger partial charge is 0.238 e. The third-order valence-electron chi connectivity index (χ3n) is 2.22. The summed E-state index contributed by atoms with van der Waals surface area (Å²) in [7, 11) is -3.78. The molecule has 0 spiro atoms. The van der Waals surface area contributed by atoms with Crippen LogP contribution in [0.25, 0.3) is 0 Å². The van der Waals surface area contributed by atoms with Gasteiger partial charge in [0.05, 0.1) is 17.6 Å². The topological polar surface area (TPSA) is 124 Å². The summed E-state index contributed by atoms with van der Waals surface area (Å²) in [6.07, 6.45) is 1.52. The van der Waals surface area contributed by atoms with Gasteiger partial charge in [-0.15, -0.1) is 0 Å². The highest BCUT2D eigenvalue weighted by atomic mass is 32.2. The lowest BCUT2D eigenvalue weighted by Crippen LogP contribution is -2.13. The van der Waals surface area contributed by atoms with Gasteiger partial charge in [0.1, 0.15) is 0 Å². The number of hydrogen-bond acceptors (Lipinski definition) is 6. The Morgan fingerprint density at radius 3 is 2.72 bits per heavy atom. The first-order chi connectivity index (χ1) is 8.45. The first-order valence-corrected chi connectivity index (χ1v) is 6.56. The predicted octanol–water partition coefficient (Wildman–Crippen LogP) is 0.516. The summed E-state index contributed by atoms with van der Waals surface area (Å²) >= 11 is 0. The highest BCUT2D eigenvalue weighted by Crippen LogP contribution is 2.20. The molecule has 0 saturated carbocycles. The molecule has 0 aliphatic carbocycles. The molecule has 0 bridgehead atoms. The second-order valence-corrected chi connectivity index (χ2v) is 5.23. The summed E-state index contributed by atoms with van der Waals surface area (Å²) in [5.74, 6) is 0.620. The van der Waals surface area contributed by atoms with Crippen LogP contribution in [0.2, 0.25) is 0 Å². The van der Waals surface area contributed by atoms with Crippen molar-refractivity contribution in [2.24, 2.45) is 5.14 Å². The number of nitrogens with zero attached hydrogens (tertiary/aromatic N) is 1. The summed E-state index contributed by atoms with van der Waals surface area (Å²) in [5, 5.41) is 11.6. The van der Waals surface area contributed by atoms with E-state index in [0.29, 0.717) is 23.7 Å². The average Bonchev–Trinajstić information content (AvgIpc) is 2.77. The molecule has 0 saturated heterocycles. The summed E-state index contributed by atoms with van der Waals surface area (Å²) in [5.41, 5.74) is 6.45. The van der Waals surface area contributed by atoms with Crippen LogP contribution in [0, 0.1) is 0 Å². The minimum Gasteiger partial charge on any atom is -0.399 e. The number of anilines is 2. The molecule has 18 heavy (non-hydrogen) atoms. The molecule has 5 N–H and O–H groups in total. The van der Waals surface area contributed by atoms with Crippen molar-refractivity contribution in [3.8, 4) is 0 Å². The van der Waals surface area contributed by atoms with Crippen LogP contribution in [-0.4, -0.2) is 13.6 Å². The molecule has 0 radical (unpaired) electrons. The van der Waals surface area contributed by atoms with Gasteiger partial charge < -0.3 is 15.6 Å². The van der Waals surface area contributed by atoms with Gasteiger partial charge in [-0.1, -0.05) is 5.16 Å². The molecule has 1 heterocycles. The van der Waals surface area contributed by atoms with Crippen molar-refractivity contribution in [3.05, 3.63) is 36.2 Å². The Balaban J connectivity index is 2.21. The molecular formula is C10H12N4O3S. The summed E-state index contributed by atoms with van der Waals surface area (Å²) < 4.78 is 27.4. The van der Waals surface area contributed by atoms with E-state index in [9.17, 15) is 8.42 Å². The van der Waals surface area contributed by atoms with Crippen LogP contribution in [0.4, 0.5) is 11.4 Å². The monoisotopic (exact) mass is 268 g/mol. The quantitative estimate of drug-likeness (QED) is 0.694. The number of nitrogens with one attached hydrogen (secondary N) is 1. The third kappa shape index (κ3) is 2.99. The van der Waals surface area contributed by atoms with E-state index in [2.05, 4.69) is 10.5 Å². The summed E-state index contributed by atoms with van der Waals surface area (Å²) in [6, 6.07) is 6.00. The predicted molar refractivity (Wildman–Crippen MR) is 66.1 cm³/mol. The number of primary sulfonamides is 1. The molecule has 2 rings (SSSR count). The minimum absolute atomic E-state index is 0.0393. The molecule has 0 unspecified atom stereocenters. The van der Waals surface area contributed by atoms with Crippen LogP contribution in [0.1, 0.15) is 5.76 Å². The van der Waals surface area contributed by atoms with Crippen LogP contribution in [-0.2, 0) is 16.6 Å². The van der Waals surface area contributed by atoms with E-state index in [-0.39, 0.29) is 4.90 Å². The number of nitrogens with two attached hydrogens (primary N) is 2. The van der Waals surface area contributed by atoms with Crippen LogP contribution in [0.3, 0.4) is 0 Å². The zero-order chi connectivity index (χ0) is 13.2. The van der Waals surface area contributed by atoms with E-state index in [1.54, 1.807) is 12.1 Å². The van der Waals surface area contributed by atoms with Crippen LogP contribution in [0.15, 0.2) is 39.9 Å². The standard InChI is InChI=1S/C10H12N4O3S/c11-7-3-8(5-10(4-7)18(12,15)16)13-6-9-1-2-14-17-9/h1-5,13H,6,11H2,(H2,12,15,16). The molecule has 8 heteroatoms. The molecule has 0 aliphatic heterocycles. The Bertz CT molecular complexity index is 637. The molecule has 0 aliphatic rings. The molecule has 7 nitrogen and oxygen atoms in total. The molecule has 1 aromatic heterocycles. The third-order valence-corrected chi connectivity index (χ3v) is 3.11. The summed E-state index contributed by atoms with van der Waals surface area (Å²) in [6.45, 7) is 0.369. The normalized spacial score (nSPS) is 11.4. The Hall–Kier alpha value is -2.06.